The maximum atomic E-state index is 12.4. The summed E-state index contributed by atoms with van der Waals surface area (Å²) in [7, 11) is -3.45. The molecule has 1 aromatic carbocycles. The summed E-state index contributed by atoms with van der Waals surface area (Å²) in [6, 6.07) is 6.42. The van der Waals surface area contributed by atoms with Crippen molar-refractivity contribution in [1.29, 1.82) is 0 Å². The van der Waals surface area contributed by atoms with E-state index >= 15 is 0 Å². The predicted molar refractivity (Wildman–Crippen MR) is 89.3 cm³/mol. The number of carbonyl (C=O) groups is 1. The summed E-state index contributed by atoms with van der Waals surface area (Å²) in [5, 5.41) is 2.88. The Morgan fingerprint density at radius 1 is 1.26 bits per heavy atom. The molecule has 1 amide bonds. The highest BCUT2D eigenvalue weighted by atomic mass is 32.2. The van der Waals surface area contributed by atoms with E-state index in [0.29, 0.717) is 25.9 Å². The highest BCUT2D eigenvalue weighted by Crippen LogP contribution is 2.33. The lowest BCUT2D eigenvalue weighted by atomic mass is 10.1. The maximum Gasteiger partial charge on any atom is 0.243 e. The molecule has 0 saturated heterocycles. The van der Waals surface area contributed by atoms with E-state index in [1.165, 1.54) is 4.31 Å². The lowest BCUT2D eigenvalue weighted by Gasteiger charge is -2.20. The smallest absolute Gasteiger partial charge is 0.243 e. The highest BCUT2D eigenvalue weighted by molar-refractivity contribution is 7.89. The lowest BCUT2D eigenvalue weighted by molar-refractivity contribution is -0.123. The standard InChI is InChI=1S/C16H25N3O3S/c1-4-19(5-2)23(21,22)14-8-6-13(7-9-14)12(3)18-15(20)16(17)10-11-16/h6-9,12H,4-5,10-11,17H2,1-3H3,(H,18,20). The Kier molecular flexibility index (Phi) is 5.13. The molecule has 1 saturated carbocycles. The van der Waals surface area contributed by atoms with E-state index in [9.17, 15) is 13.2 Å². The zero-order valence-electron chi connectivity index (χ0n) is 13.9. The van der Waals surface area contributed by atoms with Crippen molar-refractivity contribution < 1.29 is 13.2 Å². The van der Waals surface area contributed by atoms with E-state index in [1.54, 1.807) is 24.3 Å². The third-order valence-corrected chi connectivity index (χ3v) is 6.38. The van der Waals surface area contributed by atoms with Crippen molar-refractivity contribution in [3.05, 3.63) is 29.8 Å². The Morgan fingerprint density at radius 2 is 1.78 bits per heavy atom. The minimum atomic E-state index is -3.45. The van der Waals surface area contributed by atoms with Gasteiger partial charge in [0.1, 0.15) is 0 Å². The molecule has 2 rings (SSSR count). The fourth-order valence-electron chi connectivity index (χ4n) is 2.43. The fourth-order valence-corrected chi connectivity index (χ4v) is 3.88. The number of hydrogen-bond acceptors (Lipinski definition) is 4. The molecule has 23 heavy (non-hydrogen) atoms. The Balaban J connectivity index is 2.11. The quantitative estimate of drug-likeness (QED) is 0.785. The second-order valence-corrected chi connectivity index (χ2v) is 7.95. The molecule has 1 aliphatic rings. The molecule has 128 valence electrons. The minimum Gasteiger partial charge on any atom is -0.348 e. The molecule has 0 aromatic heterocycles. The monoisotopic (exact) mass is 339 g/mol. The molecule has 1 fully saturated rings. The van der Waals surface area contributed by atoms with Gasteiger partial charge in [-0.25, -0.2) is 8.42 Å². The molecule has 7 heteroatoms. The Morgan fingerprint density at radius 3 is 2.22 bits per heavy atom. The van der Waals surface area contributed by atoms with Crippen LogP contribution in [-0.2, 0) is 14.8 Å². The van der Waals surface area contributed by atoms with Gasteiger partial charge in [-0.2, -0.15) is 4.31 Å². The topological polar surface area (TPSA) is 92.5 Å². The fraction of sp³-hybridized carbons (Fsp3) is 0.562. The van der Waals surface area contributed by atoms with Gasteiger partial charge in [0.05, 0.1) is 16.5 Å². The van der Waals surface area contributed by atoms with E-state index in [0.717, 1.165) is 5.56 Å². The second-order valence-electron chi connectivity index (χ2n) is 6.01. The van der Waals surface area contributed by atoms with Gasteiger partial charge in [-0.1, -0.05) is 26.0 Å². The van der Waals surface area contributed by atoms with E-state index in [2.05, 4.69) is 5.32 Å². The molecule has 1 unspecified atom stereocenters. The van der Waals surface area contributed by atoms with Gasteiger partial charge >= 0.3 is 0 Å². The van der Waals surface area contributed by atoms with Crippen LogP contribution in [-0.4, -0.2) is 37.3 Å². The molecule has 0 heterocycles. The normalized spacial score (nSPS) is 17.8. The summed E-state index contributed by atoms with van der Waals surface area (Å²) < 4.78 is 26.3. The molecule has 3 N–H and O–H groups in total. The number of amides is 1. The summed E-state index contributed by atoms with van der Waals surface area (Å²) in [5.74, 6) is -0.148. The predicted octanol–water partition coefficient (Wildman–Crippen LogP) is 1.39. The zero-order chi connectivity index (χ0) is 17.3. The van der Waals surface area contributed by atoms with E-state index in [4.69, 9.17) is 5.73 Å². The summed E-state index contributed by atoms with van der Waals surface area (Å²) in [4.78, 5) is 12.2. The molecule has 1 aromatic rings. The first-order valence-electron chi connectivity index (χ1n) is 7.94. The van der Waals surface area contributed by atoms with Crippen LogP contribution in [0.5, 0.6) is 0 Å². The number of carbonyl (C=O) groups excluding carboxylic acids is 1. The Bertz CT molecular complexity index is 662. The number of sulfonamides is 1. The zero-order valence-corrected chi connectivity index (χ0v) is 14.7. The van der Waals surface area contributed by atoms with Crippen molar-refractivity contribution >= 4 is 15.9 Å². The first-order valence-corrected chi connectivity index (χ1v) is 9.38. The lowest BCUT2D eigenvalue weighted by Crippen LogP contribution is -2.43. The van der Waals surface area contributed by atoms with Crippen molar-refractivity contribution in [1.82, 2.24) is 9.62 Å². The molecule has 1 atom stereocenters. The highest BCUT2D eigenvalue weighted by Gasteiger charge is 2.46. The van der Waals surface area contributed by atoms with Crippen LogP contribution in [0.15, 0.2) is 29.2 Å². The van der Waals surface area contributed by atoms with Crippen LogP contribution in [0, 0.1) is 0 Å². The van der Waals surface area contributed by atoms with Crippen LogP contribution in [0.1, 0.15) is 45.2 Å². The Labute approximate surface area is 138 Å². The van der Waals surface area contributed by atoms with Gasteiger partial charge in [-0.05, 0) is 37.5 Å². The number of nitrogens with two attached hydrogens (primary N) is 1. The van der Waals surface area contributed by atoms with E-state index < -0.39 is 15.6 Å². The van der Waals surface area contributed by atoms with Crippen molar-refractivity contribution in [2.75, 3.05) is 13.1 Å². The average Bonchev–Trinajstić information content (AvgIpc) is 3.27. The number of nitrogens with zero attached hydrogens (tertiary/aromatic N) is 1. The van der Waals surface area contributed by atoms with Gasteiger partial charge in [0, 0.05) is 13.1 Å². The van der Waals surface area contributed by atoms with Gasteiger partial charge in [-0.3, -0.25) is 4.79 Å². The van der Waals surface area contributed by atoms with Crippen molar-refractivity contribution in [3.63, 3.8) is 0 Å². The SMILES string of the molecule is CCN(CC)S(=O)(=O)c1ccc(C(C)NC(=O)C2(N)CC2)cc1. The molecular formula is C16H25N3O3S. The first kappa shape index (κ1) is 17.9. The van der Waals surface area contributed by atoms with Crippen LogP contribution in [0.4, 0.5) is 0 Å². The van der Waals surface area contributed by atoms with Crippen LogP contribution < -0.4 is 11.1 Å². The molecule has 0 radical (unpaired) electrons. The van der Waals surface area contributed by atoms with Gasteiger partial charge in [0.15, 0.2) is 0 Å². The average molecular weight is 339 g/mol. The minimum absolute atomic E-state index is 0.148. The molecule has 0 aliphatic heterocycles. The number of benzene rings is 1. The van der Waals surface area contributed by atoms with Crippen LogP contribution >= 0.6 is 0 Å². The van der Waals surface area contributed by atoms with Crippen LogP contribution in [0.25, 0.3) is 0 Å². The van der Waals surface area contributed by atoms with Crippen molar-refractivity contribution in [2.45, 2.75) is 50.1 Å². The van der Waals surface area contributed by atoms with E-state index in [-0.39, 0.29) is 16.8 Å². The summed E-state index contributed by atoms with van der Waals surface area (Å²) in [5.41, 5.74) is 6.00. The number of rotatable bonds is 7. The molecule has 0 spiro atoms. The third-order valence-electron chi connectivity index (χ3n) is 4.31. The van der Waals surface area contributed by atoms with E-state index in [1.807, 2.05) is 20.8 Å². The number of hydrogen-bond donors (Lipinski definition) is 2. The van der Waals surface area contributed by atoms with Crippen molar-refractivity contribution in [2.24, 2.45) is 5.73 Å². The molecule has 1 aliphatic carbocycles. The Hall–Kier alpha value is -1.44. The van der Waals surface area contributed by atoms with Crippen LogP contribution in [0.2, 0.25) is 0 Å². The second kappa shape index (κ2) is 6.59. The number of nitrogens with one attached hydrogen (secondary N) is 1. The van der Waals surface area contributed by atoms with Crippen LogP contribution in [0.3, 0.4) is 0 Å². The third kappa shape index (κ3) is 3.73. The van der Waals surface area contributed by atoms with Gasteiger partial charge in [0.25, 0.3) is 0 Å². The summed E-state index contributed by atoms with van der Waals surface area (Å²) in [6.45, 7) is 6.36. The van der Waals surface area contributed by atoms with Gasteiger partial charge < -0.3 is 11.1 Å². The summed E-state index contributed by atoms with van der Waals surface area (Å²) in [6.07, 6.45) is 1.43. The first-order chi connectivity index (χ1) is 10.7. The summed E-state index contributed by atoms with van der Waals surface area (Å²) >= 11 is 0. The van der Waals surface area contributed by atoms with Crippen molar-refractivity contribution in [3.8, 4) is 0 Å². The molecule has 0 bridgehead atoms. The van der Waals surface area contributed by atoms with Gasteiger partial charge in [-0.15, -0.1) is 0 Å². The maximum absolute atomic E-state index is 12.4. The largest absolute Gasteiger partial charge is 0.348 e. The molecular weight excluding hydrogens is 314 g/mol. The molecule has 6 nitrogen and oxygen atoms in total. The van der Waals surface area contributed by atoms with Gasteiger partial charge in [0.2, 0.25) is 15.9 Å².